The molecule has 178 valence electrons. The fourth-order valence-corrected chi connectivity index (χ4v) is 20.2. The van der Waals surface area contributed by atoms with Gasteiger partial charge in [-0.05, 0) is 0 Å². The zero-order valence-electron chi connectivity index (χ0n) is 20.4. The van der Waals surface area contributed by atoms with Crippen molar-refractivity contribution < 1.29 is 0 Å². The molecule has 3 rings (SSSR count). The number of nitrogen functional groups attached to an aromatic ring is 1. The molecule has 0 saturated heterocycles. The predicted octanol–water partition coefficient (Wildman–Crippen LogP) is 6.23. The summed E-state index contributed by atoms with van der Waals surface area (Å²) in [4.78, 5) is 14.2. The Kier molecular flexibility index (Phi) is 9.56. The van der Waals surface area contributed by atoms with Crippen LogP contribution in [0.4, 0.5) is 5.95 Å². The number of nitrogens with two attached hydrogens (primary N) is 1. The van der Waals surface area contributed by atoms with E-state index in [1.807, 2.05) is 13.1 Å². The molecule has 0 amide bonds. The van der Waals surface area contributed by atoms with Gasteiger partial charge in [-0.1, -0.05) is 0 Å². The van der Waals surface area contributed by atoms with Crippen LogP contribution in [-0.4, -0.2) is 43.1 Å². The predicted molar refractivity (Wildman–Crippen MR) is 141 cm³/mol. The van der Waals surface area contributed by atoms with E-state index < -0.39 is 18.4 Å². The first kappa shape index (κ1) is 25.9. The minimum absolute atomic E-state index is 0.235. The van der Waals surface area contributed by atoms with E-state index in [0.717, 1.165) is 22.5 Å². The Bertz CT molecular complexity index is 1030. The third-order valence-electron chi connectivity index (χ3n) is 6.53. The van der Waals surface area contributed by atoms with Crippen LogP contribution in [-0.2, 0) is 7.05 Å². The Morgan fingerprint density at radius 3 is 2.09 bits per heavy atom. The van der Waals surface area contributed by atoms with Gasteiger partial charge in [-0.2, -0.15) is 0 Å². The number of hydrogen-bond donors (Lipinski definition) is 1. The number of aryl methyl sites for hydroxylation is 1. The van der Waals surface area contributed by atoms with E-state index in [0.29, 0.717) is 5.15 Å². The van der Waals surface area contributed by atoms with Gasteiger partial charge in [0.15, 0.2) is 0 Å². The maximum absolute atomic E-state index is 6.52. The van der Waals surface area contributed by atoms with Crippen LogP contribution < -0.4 is 9.44 Å². The van der Waals surface area contributed by atoms with Crippen LogP contribution in [0.15, 0.2) is 30.6 Å². The molecule has 0 aliphatic heterocycles. The Morgan fingerprint density at radius 2 is 1.55 bits per heavy atom. The van der Waals surface area contributed by atoms with Crippen molar-refractivity contribution in [2.24, 2.45) is 7.05 Å². The zero-order chi connectivity index (χ0) is 23.8. The normalized spacial score (nSPS) is 11.8. The molecule has 6 nitrogen and oxygen atoms in total. The second-order valence-electron chi connectivity index (χ2n) is 8.96. The molecule has 2 N–H and O–H groups in total. The SMILES string of the molecule is CCC[CH2][Sn]([CH2]CCC)([CH2]CCC)[c]1cccc(-c2nc(N)ncc2-c2cnn(C)c2Cl)n1. The molecule has 0 spiro atoms. The van der Waals surface area contributed by atoms with Crippen LogP contribution >= 0.6 is 11.6 Å². The average Bonchev–Trinajstić information content (AvgIpc) is 3.17. The van der Waals surface area contributed by atoms with Gasteiger partial charge in [0.2, 0.25) is 0 Å². The summed E-state index contributed by atoms with van der Waals surface area (Å²) in [6.07, 6.45) is 11.1. The van der Waals surface area contributed by atoms with Gasteiger partial charge in [-0.3, -0.25) is 0 Å². The fourth-order valence-electron chi connectivity index (χ4n) is 4.56. The Morgan fingerprint density at radius 1 is 0.909 bits per heavy atom. The van der Waals surface area contributed by atoms with Gasteiger partial charge in [0.25, 0.3) is 0 Å². The molecule has 0 radical (unpaired) electrons. The van der Waals surface area contributed by atoms with Gasteiger partial charge >= 0.3 is 208 Å². The Balaban J connectivity index is 2.13. The molecular weight excluding hydrogens is 538 g/mol. The number of anilines is 1. The monoisotopic (exact) mass is 576 g/mol. The second kappa shape index (κ2) is 12.2. The first-order chi connectivity index (χ1) is 16.0. The van der Waals surface area contributed by atoms with E-state index in [2.05, 4.69) is 48.0 Å². The van der Waals surface area contributed by atoms with Crippen molar-refractivity contribution in [3.05, 3.63) is 35.7 Å². The van der Waals surface area contributed by atoms with E-state index >= 15 is 0 Å². The van der Waals surface area contributed by atoms with E-state index in [1.165, 1.54) is 55.5 Å². The van der Waals surface area contributed by atoms with Crippen LogP contribution in [0, 0.1) is 0 Å². The summed E-state index contributed by atoms with van der Waals surface area (Å²) >= 11 is 3.84. The van der Waals surface area contributed by atoms with Crippen LogP contribution in [0.25, 0.3) is 22.5 Å². The van der Waals surface area contributed by atoms with Gasteiger partial charge in [-0.15, -0.1) is 0 Å². The van der Waals surface area contributed by atoms with Crippen molar-refractivity contribution >= 4 is 39.6 Å². The molecular formula is C25H37ClN6Sn. The number of nitrogens with zero attached hydrogens (tertiary/aromatic N) is 5. The molecule has 0 saturated carbocycles. The van der Waals surface area contributed by atoms with Crippen LogP contribution in [0.3, 0.4) is 0 Å². The number of unbranched alkanes of at least 4 members (excludes halogenated alkanes) is 3. The molecule has 0 aliphatic rings. The van der Waals surface area contributed by atoms with Gasteiger partial charge in [0.1, 0.15) is 0 Å². The minimum atomic E-state index is -2.68. The molecule has 33 heavy (non-hydrogen) atoms. The van der Waals surface area contributed by atoms with E-state index in [1.54, 1.807) is 17.1 Å². The summed E-state index contributed by atoms with van der Waals surface area (Å²) in [6, 6.07) is 6.48. The molecule has 8 heteroatoms. The van der Waals surface area contributed by atoms with Crippen molar-refractivity contribution in [2.75, 3.05) is 5.73 Å². The van der Waals surface area contributed by atoms with Gasteiger partial charge in [0.05, 0.1) is 0 Å². The molecule has 0 fully saturated rings. The standard InChI is InChI=1S/C13H10ClN6.3C4H9.Sn/c1-20-12(14)9(7-18-20)8-6-17-13(15)19-11(8)10-4-2-3-5-16-10;3*1-3-4-2;/h2-4,6-7H,1H3,(H2,15,17,19);3*1,3-4H2,2H3;. The molecule has 3 aromatic rings. The first-order valence-electron chi connectivity index (χ1n) is 12.2. The zero-order valence-corrected chi connectivity index (χ0v) is 24.1. The number of halogens is 1. The van der Waals surface area contributed by atoms with Crippen LogP contribution in [0.1, 0.15) is 59.3 Å². The topological polar surface area (TPSA) is 82.5 Å². The third-order valence-corrected chi connectivity index (χ3v) is 22.1. The van der Waals surface area contributed by atoms with E-state index in [-0.39, 0.29) is 5.95 Å². The average molecular weight is 576 g/mol. The van der Waals surface area contributed by atoms with Crippen molar-refractivity contribution in [1.82, 2.24) is 24.7 Å². The van der Waals surface area contributed by atoms with Crippen molar-refractivity contribution in [3.8, 4) is 22.5 Å². The summed E-state index contributed by atoms with van der Waals surface area (Å²) in [5.74, 6) is 0.235. The molecule has 0 aliphatic carbocycles. The van der Waals surface area contributed by atoms with Gasteiger partial charge in [0, 0.05) is 0 Å². The summed E-state index contributed by atoms with van der Waals surface area (Å²) in [6.45, 7) is 6.90. The second-order valence-corrected chi connectivity index (χ2v) is 22.4. The van der Waals surface area contributed by atoms with Crippen LogP contribution in [0.2, 0.25) is 18.5 Å². The van der Waals surface area contributed by atoms with E-state index in [4.69, 9.17) is 22.3 Å². The van der Waals surface area contributed by atoms with E-state index in [9.17, 15) is 0 Å². The third kappa shape index (κ3) is 6.07. The number of pyridine rings is 1. The van der Waals surface area contributed by atoms with Gasteiger partial charge < -0.3 is 0 Å². The summed E-state index contributed by atoms with van der Waals surface area (Å²) in [5, 5.41) is 4.84. The molecule has 0 bridgehead atoms. The Hall–Kier alpha value is -1.67. The van der Waals surface area contributed by atoms with Crippen molar-refractivity contribution in [3.63, 3.8) is 0 Å². The maximum atomic E-state index is 6.52. The summed E-state index contributed by atoms with van der Waals surface area (Å²) in [7, 11) is 1.82. The number of hydrogen-bond acceptors (Lipinski definition) is 5. The molecule has 3 aromatic heterocycles. The van der Waals surface area contributed by atoms with Crippen molar-refractivity contribution in [1.29, 1.82) is 0 Å². The summed E-state index contributed by atoms with van der Waals surface area (Å²) < 4.78 is 7.12. The molecule has 0 atom stereocenters. The molecule has 3 heterocycles. The molecule has 0 unspecified atom stereocenters. The Labute approximate surface area is 207 Å². The fraction of sp³-hybridized carbons (Fsp3) is 0.520. The number of rotatable bonds is 12. The summed E-state index contributed by atoms with van der Waals surface area (Å²) in [5.41, 5.74) is 9.19. The van der Waals surface area contributed by atoms with Crippen molar-refractivity contribution in [2.45, 2.75) is 72.6 Å². The number of aromatic nitrogens is 5. The van der Waals surface area contributed by atoms with Crippen LogP contribution in [0.5, 0.6) is 0 Å². The first-order valence-corrected chi connectivity index (χ1v) is 20.1. The molecule has 0 aromatic carbocycles. The van der Waals surface area contributed by atoms with Gasteiger partial charge in [-0.25, -0.2) is 0 Å². The quantitative estimate of drug-likeness (QED) is 0.259.